The SMILES string of the molecule is Cc1ccc(CNc2c(C)nn(C)c2C)c(Br)c1. The second-order valence-corrected chi connectivity index (χ2v) is 5.47. The van der Waals surface area contributed by atoms with Gasteiger partial charge in [0.05, 0.1) is 17.1 Å². The molecule has 1 aromatic heterocycles. The smallest absolute Gasteiger partial charge is 0.0827 e. The van der Waals surface area contributed by atoms with Crippen molar-refractivity contribution in [1.82, 2.24) is 9.78 Å². The predicted octanol–water partition coefficient (Wildman–Crippen LogP) is 3.72. The lowest BCUT2D eigenvalue weighted by Crippen LogP contribution is -2.02. The molecule has 0 aliphatic heterocycles. The Balaban J connectivity index is 2.16. The molecule has 0 aliphatic rings. The molecule has 96 valence electrons. The van der Waals surface area contributed by atoms with Gasteiger partial charge in [-0.05, 0) is 38.0 Å². The normalized spacial score (nSPS) is 10.7. The zero-order valence-corrected chi connectivity index (χ0v) is 12.8. The summed E-state index contributed by atoms with van der Waals surface area (Å²) in [6.07, 6.45) is 0. The quantitative estimate of drug-likeness (QED) is 0.936. The average Bonchev–Trinajstić information content (AvgIpc) is 2.53. The van der Waals surface area contributed by atoms with E-state index in [-0.39, 0.29) is 0 Å². The number of rotatable bonds is 3. The summed E-state index contributed by atoms with van der Waals surface area (Å²) in [4.78, 5) is 0. The van der Waals surface area contributed by atoms with Crippen LogP contribution < -0.4 is 5.32 Å². The van der Waals surface area contributed by atoms with Gasteiger partial charge in [0.25, 0.3) is 0 Å². The molecule has 1 aromatic carbocycles. The van der Waals surface area contributed by atoms with E-state index < -0.39 is 0 Å². The first-order valence-electron chi connectivity index (χ1n) is 5.98. The van der Waals surface area contributed by atoms with Crippen molar-refractivity contribution in [3.63, 3.8) is 0 Å². The first-order chi connectivity index (χ1) is 8.49. The molecule has 0 radical (unpaired) electrons. The number of halogens is 1. The third-order valence-corrected chi connectivity index (χ3v) is 3.91. The number of anilines is 1. The molecule has 0 bridgehead atoms. The molecule has 0 amide bonds. The van der Waals surface area contributed by atoms with Gasteiger partial charge in [-0.25, -0.2) is 0 Å². The van der Waals surface area contributed by atoms with Gasteiger partial charge in [0, 0.05) is 18.1 Å². The first-order valence-corrected chi connectivity index (χ1v) is 6.77. The molecule has 3 nitrogen and oxygen atoms in total. The Bertz CT molecular complexity index is 573. The van der Waals surface area contributed by atoms with E-state index in [4.69, 9.17) is 0 Å². The van der Waals surface area contributed by atoms with Crippen LogP contribution >= 0.6 is 15.9 Å². The summed E-state index contributed by atoms with van der Waals surface area (Å²) in [5.41, 5.74) is 5.85. The van der Waals surface area contributed by atoms with E-state index in [1.54, 1.807) is 0 Å². The third kappa shape index (κ3) is 2.58. The molecule has 1 heterocycles. The van der Waals surface area contributed by atoms with Crippen molar-refractivity contribution in [2.45, 2.75) is 27.3 Å². The van der Waals surface area contributed by atoms with Crippen LogP contribution in [0.3, 0.4) is 0 Å². The Hall–Kier alpha value is -1.29. The number of aryl methyl sites for hydroxylation is 3. The van der Waals surface area contributed by atoms with Crippen LogP contribution in [-0.4, -0.2) is 9.78 Å². The summed E-state index contributed by atoms with van der Waals surface area (Å²) in [7, 11) is 1.97. The summed E-state index contributed by atoms with van der Waals surface area (Å²) in [6, 6.07) is 6.41. The number of benzene rings is 1. The minimum Gasteiger partial charge on any atom is -0.378 e. The maximum Gasteiger partial charge on any atom is 0.0827 e. The number of aromatic nitrogens is 2. The Morgan fingerprint density at radius 3 is 2.56 bits per heavy atom. The van der Waals surface area contributed by atoms with Crippen molar-refractivity contribution in [2.24, 2.45) is 7.05 Å². The molecule has 2 rings (SSSR count). The fourth-order valence-electron chi connectivity index (χ4n) is 2.01. The maximum atomic E-state index is 4.40. The monoisotopic (exact) mass is 307 g/mol. The van der Waals surface area contributed by atoms with E-state index in [0.29, 0.717) is 0 Å². The van der Waals surface area contributed by atoms with Crippen LogP contribution in [0.4, 0.5) is 5.69 Å². The van der Waals surface area contributed by atoms with Crippen LogP contribution in [0.2, 0.25) is 0 Å². The molecular weight excluding hydrogens is 290 g/mol. The lowest BCUT2D eigenvalue weighted by atomic mass is 10.1. The van der Waals surface area contributed by atoms with Crippen LogP contribution in [0.5, 0.6) is 0 Å². The lowest BCUT2D eigenvalue weighted by Gasteiger charge is -2.09. The Morgan fingerprint density at radius 1 is 1.28 bits per heavy atom. The Kier molecular flexibility index (Phi) is 3.76. The van der Waals surface area contributed by atoms with Crippen LogP contribution in [0, 0.1) is 20.8 Å². The molecule has 18 heavy (non-hydrogen) atoms. The molecule has 0 atom stereocenters. The van der Waals surface area contributed by atoms with Crippen LogP contribution in [0.15, 0.2) is 22.7 Å². The molecule has 0 aliphatic carbocycles. The Morgan fingerprint density at radius 2 is 2.00 bits per heavy atom. The summed E-state index contributed by atoms with van der Waals surface area (Å²) in [5, 5.41) is 7.87. The summed E-state index contributed by atoms with van der Waals surface area (Å²) in [5.74, 6) is 0. The highest BCUT2D eigenvalue weighted by molar-refractivity contribution is 9.10. The second kappa shape index (κ2) is 5.14. The van der Waals surface area contributed by atoms with Gasteiger partial charge in [-0.1, -0.05) is 28.1 Å². The number of nitrogens with zero attached hydrogens (tertiary/aromatic N) is 2. The van der Waals surface area contributed by atoms with Crippen LogP contribution in [0.25, 0.3) is 0 Å². The zero-order chi connectivity index (χ0) is 13.3. The van der Waals surface area contributed by atoms with Gasteiger partial charge in [-0.2, -0.15) is 5.10 Å². The summed E-state index contributed by atoms with van der Waals surface area (Å²) in [6.45, 7) is 7.00. The molecule has 0 unspecified atom stereocenters. The highest BCUT2D eigenvalue weighted by Gasteiger charge is 2.09. The minimum atomic E-state index is 0.800. The molecule has 0 spiro atoms. The van der Waals surface area contributed by atoms with Crippen molar-refractivity contribution in [3.05, 3.63) is 45.2 Å². The maximum absolute atomic E-state index is 4.40. The fraction of sp³-hybridized carbons (Fsp3) is 0.357. The van der Waals surface area contributed by atoms with E-state index in [2.05, 4.69) is 58.4 Å². The van der Waals surface area contributed by atoms with Crippen molar-refractivity contribution < 1.29 is 0 Å². The second-order valence-electron chi connectivity index (χ2n) is 4.62. The van der Waals surface area contributed by atoms with E-state index >= 15 is 0 Å². The van der Waals surface area contributed by atoms with Crippen LogP contribution in [0.1, 0.15) is 22.5 Å². The molecule has 4 heteroatoms. The summed E-state index contributed by atoms with van der Waals surface area (Å²) < 4.78 is 3.05. The van der Waals surface area contributed by atoms with E-state index in [1.165, 1.54) is 11.1 Å². The first kappa shape index (κ1) is 13.1. The highest BCUT2D eigenvalue weighted by atomic mass is 79.9. The standard InChI is InChI=1S/C14H18BrN3/c1-9-5-6-12(13(15)7-9)8-16-14-10(2)17-18(4)11(14)3/h5-7,16H,8H2,1-4H3. The van der Waals surface area contributed by atoms with Gasteiger partial charge in [0.2, 0.25) is 0 Å². The van der Waals surface area contributed by atoms with Crippen molar-refractivity contribution in [1.29, 1.82) is 0 Å². The minimum absolute atomic E-state index is 0.800. The van der Waals surface area contributed by atoms with Crippen molar-refractivity contribution in [2.75, 3.05) is 5.32 Å². The molecule has 2 aromatic rings. The average molecular weight is 308 g/mol. The lowest BCUT2D eigenvalue weighted by molar-refractivity contribution is 0.731. The largest absolute Gasteiger partial charge is 0.378 e. The number of nitrogens with one attached hydrogen (secondary N) is 1. The highest BCUT2D eigenvalue weighted by Crippen LogP contribution is 2.22. The van der Waals surface area contributed by atoms with Crippen molar-refractivity contribution >= 4 is 21.6 Å². The van der Waals surface area contributed by atoms with Crippen LogP contribution in [-0.2, 0) is 13.6 Å². The van der Waals surface area contributed by atoms with Gasteiger partial charge in [-0.15, -0.1) is 0 Å². The predicted molar refractivity (Wildman–Crippen MR) is 78.9 cm³/mol. The van der Waals surface area contributed by atoms with E-state index in [1.807, 2.05) is 18.7 Å². The number of hydrogen-bond donors (Lipinski definition) is 1. The fourth-order valence-corrected chi connectivity index (χ4v) is 2.64. The van der Waals surface area contributed by atoms with Gasteiger partial charge < -0.3 is 5.32 Å². The van der Waals surface area contributed by atoms with E-state index in [0.717, 1.165) is 28.1 Å². The zero-order valence-electron chi connectivity index (χ0n) is 11.2. The van der Waals surface area contributed by atoms with Gasteiger partial charge in [0.15, 0.2) is 0 Å². The topological polar surface area (TPSA) is 29.9 Å². The molecule has 0 saturated carbocycles. The Labute approximate surface area is 116 Å². The molecular formula is C14H18BrN3. The van der Waals surface area contributed by atoms with E-state index in [9.17, 15) is 0 Å². The van der Waals surface area contributed by atoms with Gasteiger partial charge in [-0.3, -0.25) is 4.68 Å². The van der Waals surface area contributed by atoms with Crippen molar-refractivity contribution in [3.8, 4) is 0 Å². The molecule has 0 fully saturated rings. The van der Waals surface area contributed by atoms with Gasteiger partial charge >= 0.3 is 0 Å². The molecule has 1 N–H and O–H groups in total. The third-order valence-electron chi connectivity index (χ3n) is 3.17. The summed E-state index contributed by atoms with van der Waals surface area (Å²) >= 11 is 3.60. The molecule has 0 saturated heterocycles. The van der Waals surface area contributed by atoms with Gasteiger partial charge in [0.1, 0.15) is 0 Å². The number of hydrogen-bond acceptors (Lipinski definition) is 2.